The fourth-order valence-electron chi connectivity index (χ4n) is 1.54. The fraction of sp³-hybridized carbons (Fsp3) is 0.0714. The maximum absolute atomic E-state index is 5.54. The Morgan fingerprint density at radius 2 is 2.00 bits per heavy atom. The molecule has 0 amide bonds. The van der Waals surface area contributed by atoms with Crippen LogP contribution in [0.25, 0.3) is 0 Å². The van der Waals surface area contributed by atoms with Gasteiger partial charge in [0.15, 0.2) is 5.89 Å². The van der Waals surface area contributed by atoms with E-state index in [1.54, 1.807) is 31.1 Å². The Bertz CT molecular complexity index is 683. The maximum atomic E-state index is 5.54. The molecule has 0 aliphatic heterocycles. The van der Waals surface area contributed by atoms with Crippen molar-refractivity contribution < 1.29 is 9.15 Å². The van der Waals surface area contributed by atoms with Crippen LogP contribution in [0.15, 0.2) is 63.1 Å². The summed E-state index contributed by atoms with van der Waals surface area (Å²) >= 11 is 1.54. The minimum atomic E-state index is 0.386. The van der Waals surface area contributed by atoms with Gasteiger partial charge in [-0.1, -0.05) is 11.8 Å². The number of benzene rings is 1. The number of ether oxygens (including phenoxy) is 1. The summed E-state index contributed by atoms with van der Waals surface area (Å²) < 4.78 is 10.8. The van der Waals surface area contributed by atoms with Gasteiger partial charge in [0.05, 0.1) is 0 Å². The zero-order chi connectivity index (χ0) is 13.8. The minimum absolute atomic E-state index is 0.386. The van der Waals surface area contributed by atoms with Gasteiger partial charge < -0.3 is 9.15 Å². The second-order valence-electron chi connectivity index (χ2n) is 3.94. The van der Waals surface area contributed by atoms with Crippen LogP contribution in [0, 0.1) is 6.92 Å². The monoisotopic (exact) mass is 285 g/mol. The van der Waals surface area contributed by atoms with Gasteiger partial charge in [0.2, 0.25) is 0 Å². The molecule has 0 aliphatic carbocycles. The van der Waals surface area contributed by atoms with Gasteiger partial charge in [-0.15, -0.1) is 5.10 Å². The molecule has 3 aromatic rings. The molecule has 0 aliphatic rings. The predicted molar refractivity (Wildman–Crippen MR) is 73.9 cm³/mol. The lowest BCUT2D eigenvalue weighted by Crippen LogP contribution is -1.84. The lowest BCUT2D eigenvalue weighted by Gasteiger charge is -2.03. The van der Waals surface area contributed by atoms with Crippen molar-refractivity contribution in [2.24, 2.45) is 0 Å². The number of hydrogen-bond acceptors (Lipinski definition) is 6. The molecule has 0 fully saturated rings. The smallest absolute Gasteiger partial charge is 0.310 e. The van der Waals surface area contributed by atoms with Gasteiger partial charge in [-0.05, 0) is 36.4 Å². The van der Waals surface area contributed by atoms with Crippen molar-refractivity contribution in [2.45, 2.75) is 16.8 Å². The van der Waals surface area contributed by atoms with Crippen LogP contribution in [0.1, 0.15) is 5.89 Å². The Morgan fingerprint density at radius 3 is 2.65 bits per heavy atom. The quantitative estimate of drug-likeness (QED) is 0.728. The Hall–Kier alpha value is -2.34. The van der Waals surface area contributed by atoms with E-state index in [0.717, 1.165) is 9.92 Å². The van der Waals surface area contributed by atoms with E-state index in [0.29, 0.717) is 17.6 Å². The molecule has 20 heavy (non-hydrogen) atoms. The summed E-state index contributed by atoms with van der Waals surface area (Å²) in [7, 11) is 0. The third-order valence-corrected chi connectivity index (χ3v) is 3.35. The van der Waals surface area contributed by atoms with Crippen LogP contribution < -0.4 is 4.74 Å². The van der Waals surface area contributed by atoms with E-state index in [9.17, 15) is 0 Å². The Balaban J connectivity index is 1.68. The minimum Gasteiger partial charge on any atom is -0.425 e. The predicted octanol–water partition coefficient (Wildman–Crippen LogP) is 3.72. The summed E-state index contributed by atoms with van der Waals surface area (Å²) in [6.45, 7) is 1.77. The Kier molecular flexibility index (Phi) is 3.64. The van der Waals surface area contributed by atoms with E-state index < -0.39 is 0 Å². The van der Waals surface area contributed by atoms with Crippen LogP contribution in [0.2, 0.25) is 0 Å². The van der Waals surface area contributed by atoms with Crippen LogP contribution >= 0.6 is 11.8 Å². The highest BCUT2D eigenvalue weighted by Crippen LogP contribution is 2.28. The molecule has 100 valence electrons. The van der Waals surface area contributed by atoms with E-state index in [4.69, 9.17) is 9.15 Å². The van der Waals surface area contributed by atoms with E-state index >= 15 is 0 Å². The molecule has 0 saturated carbocycles. The number of rotatable bonds is 4. The molecule has 0 spiro atoms. The first-order valence-electron chi connectivity index (χ1n) is 5.95. The van der Waals surface area contributed by atoms with Crippen molar-refractivity contribution in [1.82, 2.24) is 15.2 Å². The molecule has 5 nitrogen and oxygen atoms in total. The van der Waals surface area contributed by atoms with Crippen molar-refractivity contribution in [1.29, 1.82) is 0 Å². The van der Waals surface area contributed by atoms with Gasteiger partial charge in [0.25, 0.3) is 0 Å². The second kappa shape index (κ2) is 5.75. The lowest BCUT2D eigenvalue weighted by atomic mass is 10.3. The van der Waals surface area contributed by atoms with Crippen LogP contribution in [0.5, 0.6) is 11.7 Å². The van der Waals surface area contributed by atoms with Gasteiger partial charge in [0, 0.05) is 18.0 Å². The number of hydrogen-bond donors (Lipinski definition) is 0. The van der Waals surface area contributed by atoms with Crippen molar-refractivity contribution in [3.05, 3.63) is 54.7 Å². The lowest BCUT2D eigenvalue weighted by molar-refractivity contribution is 0.336. The summed E-state index contributed by atoms with van der Waals surface area (Å²) in [4.78, 5) is 5.04. The highest BCUT2D eigenvalue weighted by molar-refractivity contribution is 7.99. The van der Waals surface area contributed by atoms with Crippen LogP contribution in [-0.4, -0.2) is 15.2 Å². The zero-order valence-electron chi connectivity index (χ0n) is 10.7. The van der Waals surface area contributed by atoms with Crippen LogP contribution in [0.4, 0.5) is 0 Å². The summed E-state index contributed by atoms with van der Waals surface area (Å²) in [6, 6.07) is 11.4. The molecule has 0 unspecified atom stereocenters. The third-order valence-electron chi connectivity index (χ3n) is 2.41. The topological polar surface area (TPSA) is 61.0 Å². The first kappa shape index (κ1) is 12.7. The normalized spacial score (nSPS) is 10.4. The molecule has 6 heteroatoms. The number of nitrogens with zero attached hydrogens (tertiary/aromatic N) is 3. The molecule has 1 aromatic carbocycles. The summed E-state index contributed by atoms with van der Waals surface area (Å²) in [5.74, 6) is 1.66. The van der Waals surface area contributed by atoms with Crippen molar-refractivity contribution >= 4 is 11.8 Å². The van der Waals surface area contributed by atoms with Crippen molar-refractivity contribution in [3.63, 3.8) is 0 Å². The van der Waals surface area contributed by atoms with E-state index in [1.165, 1.54) is 0 Å². The molecule has 2 heterocycles. The summed E-state index contributed by atoms with van der Waals surface area (Å²) in [5.41, 5.74) is 0. The summed E-state index contributed by atoms with van der Waals surface area (Å²) in [5, 5.41) is 8.72. The molecule has 0 N–H and O–H groups in total. The average molecular weight is 285 g/mol. The van der Waals surface area contributed by atoms with Gasteiger partial charge in [-0.3, -0.25) is 0 Å². The fourth-order valence-corrected chi connectivity index (χ4v) is 2.29. The Morgan fingerprint density at radius 1 is 1.15 bits per heavy atom. The highest BCUT2D eigenvalue weighted by Gasteiger charge is 2.04. The third kappa shape index (κ3) is 3.16. The highest BCUT2D eigenvalue weighted by atomic mass is 32.2. The largest absolute Gasteiger partial charge is 0.425 e. The summed E-state index contributed by atoms with van der Waals surface area (Å²) in [6.07, 6.45) is 3.21. The van der Waals surface area contributed by atoms with Gasteiger partial charge in [-0.25, -0.2) is 4.98 Å². The second-order valence-corrected chi connectivity index (χ2v) is 5.03. The molecule has 2 aromatic heterocycles. The van der Waals surface area contributed by atoms with Gasteiger partial charge in [-0.2, -0.15) is 5.10 Å². The maximum Gasteiger partial charge on any atom is 0.310 e. The SMILES string of the molecule is Cc1ncc(Oc2ccc(Sc3cccnn3)cc2)o1. The molecule has 0 bridgehead atoms. The van der Waals surface area contributed by atoms with E-state index in [1.807, 2.05) is 36.4 Å². The van der Waals surface area contributed by atoms with Crippen LogP contribution in [-0.2, 0) is 0 Å². The van der Waals surface area contributed by atoms with E-state index in [-0.39, 0.29) is 0 Å². The molecule has 0 radical (unpaired) electrons. The molecule has 0 atom stereocenters. The number of aromatic nitrogens is 3. The van der Waals surface area contributed by atoms with Gasteiger partial charge >= 0.3 is 5.95 Å². The zero-order valence-corrected chi connectivity index (χ0v) is 11.5. The standard InChI is InChI=1S/C14H11N3O2S/c1-10-15-9-14(18-10)19-11-4-6-12(7-5-11)20-13-3-2-8-16-17-13/h2-9H,1H3. The molecular formula is C14H11N3O2S. The molecule has 0 saturated heterocycles. The Labute approximate surface area is 120 Å². The van der Waals surface area contributed by atoms with Gasteiger partial charge in [0.1, 0.15) is 17.0 Å². The number of oxazole rings is 1. The molecular weight excluding hydrogens is 274 g/mol. The number of aryl methyl sites for hydroxylation is 1. The average Bonchev–Trinajstić information content (AvgIpc) is 2.88. The van der Waals surface area contributed by atoms with Crippen molar-refractivity contribution in [2.75, 3.05) is 0 Å². The first-order chi connectivity index (χ1) is 9.79. The first-order valence-corrected chi connectivity index (χ1v) is 6.77. The van der Waals surface area contributed by atoms with Crippen molar-refractivity contribution in [3.8, 4) is 11.7 Å². The molecule has 3 rings (SSSR count). The van der Waals surface area contributed by atoms with E-state index in [2.05, 4.69) is 15.2 Å². The van der Waals surface area contributed by atoms with Crippen LogP contribution in [0.3, 0.4) is 0 Å².